The number of pyridine rings is 1. The molecule has 2 heterocycles. The SMILES string of the molecule is CCN(Cc1ccc(Cl)s1)C(=O)c1ccnc(Br)c1. The third kappa shape index (κ3) is 3.78. The highest BCUT2D eigenvalue weighted by molar-refractivity contribution is 9.10. The zero-order chi connectivity index (χ0) is 13.8. The Morgan fingerprint density at radius 1 is 1.47 bits per heavy atom. The Kier molecular flexibility index (Phi) is 4.96. The second-order valence-corrected chi connectivity index (χ2v) is 6.50. The topological polar surface area (TPSA) is 33.2 Å². The van der Waals surface area contributed by atoms with Gasteiger partial charge in [-0.1, -0.05) is 11.6 Å². The maximum absolute atomic E-state index is 12.4. The minimum Gasteiger partial charge on any atom is -0.334 e. The molecule has 0 aromatic carbocycles. The molecule has 1 amide bonds. The largest absolute Gasteiger partial charge is 0.334 e. The van der Waals surface area contributed by atoms with Crippen LogP contribution in [0.2, 0.25) is 4.34 Å². The number of rotatable bonds is 4. The Balaban J connectivity index is 2.15. The molecule has 0 aliphatic rings. The van der Waals surface area contributed by atoms with Crippen LogP contribution in [0.5, 0.6) is 0 Å². The summed E-state index contributed by atoms with van der Waals surface area (Å²) in [6.45, 7) is 3.18. The van der Waals surface area contributed by atoms with E-state index in [1.54, 1.807) is 23.2 Å². The molecule has 0 aliphatic heterocycles. The van der Waals surface area contributed by atoms with Gasteiger partial charge in [-0.2, -0.15) is 0 Å². The van der Waals surface area contributed by atoms with Crippen molar-refractivity contribution in [3.63, 3.8) is 0 Å². The number of carbonyl (C=O) groups excluding carboxylic acids is 1. The monoisotopic (exact) mass is 358 g/mol. The van der Waals surface area contributed by atoms with E-state index in [4.69, 9.17) is 11.6 Å². The summed E-state index contributed by atoms with van der Waals surface area (Å²) in [5.41, 5.74) is 0.631. The fourth-order valence-corrected chi connectivity index (χ4v) is 3.14. The molecule has 6 heteroatoms. The van der Waals surface area contributed by atoms with Gasteiger partial charge >= 0.3 is 0 Å². The molecule has 0 atom stereocenters. The first-order valence-electron chi connectivity index (χ1n) is 5.75. The normalized spacial score (nSPS) is 10.5. The van der Waals surface area contributed by atoms with Crippen molar-refractivity contribution in [3.8, 4) is 0 Å². The molecule has 0 aliphatic carbocycles. The lowest BCUT2D eigenvalue weighted by Crippen LogP contribution is -2.30. The maximum atomic E-state index is 12.4. The summed E-state index contributed by atoms with van der Waals surface area (Å²) in [7, 11) is 0. The summed E-state index contributed by atoms with van der Waals surface area (Å²) in [5, 5.41) is 0. The highest BCUT2D eigenvalue weighted by Crippen LogP contribution is 2.23. The van der Waals surface area contributed by atoms with E-state index in [-0.39, 0.29) is 5.91 Å². The first-order chi connectivity index (χ1) is 9.10. The molecule has 0 saturated carbocycles. The van der Waals surface area contributed by atoms with Crippen molar-refractivity contribution >= 4 is 44.8 Å². The van der Waals surface area contributed by atoms with Crippen molar-refractivity contribution in [2.75, 3.05) is 6.54 Å². The summed E-state index contributed by atoms with van der Waals surface area (Å²) < 4.78 is 1.40. The highest BCUT2D eigenvalue weighted by atomic mass is 79.9. The van der Waals surface area contributed by atoms with Crippen LogP contribution in [0.25, 0.3) is 0 Å². The minimum atomic E-state index is -0.00452. The van der Waals surface area contributed by atoms with Crippen molar-refractivity contribution < 1.29 is 4.79 Å². The Bertz CT molecular complexity index is 588. The predicted octanol–water partition coefficient (Wildman–Crippen LogP) is 4.22. The van der Waals surface area contributed by atoms with Crippen LogP contribution in [0.3, 0.4) is 0 Å². The molecule has 3 nitrogen and oxygen atoms in total. The average molecular weight is 360 g/mol. The summed E-state index contributed by atoms with van der Waals surface area (Å²) in [5.74, 6) is -0.00452. The zero-order valence-corrected chi connectivity index (χ0v) is 13.4. The van der Waals surface area contributed by atoms with Gasteiger partial charge in [-0.05, 0) is 47.1 Å². The second-order valence-electron chi connectivity index (χ2n) is 3.89. The van der Waals surface area contributed by atoms with E-state index in [9.17, 15) is 4.79 Å². The summed E-state index contributed by atoms with van der Waals surface area (Å²) in [6.07, 6.45) is 1.62. The molecule has 0 fully saturated rings. The number of halogens is 2. The lowest BCUT2D eigenvalue weighted by molar-refractivity contribution is 0.0754. The quantitative estimate of drug-likeness (QED) is 0.766. The number of thiophene rings is 1. The van der Waals surface area contributed by atoms with Gasteiger partial charge in [0, 0.05) is 23.2 Å². The van der Waals surface area contributed by atoms with Crippen LogP contribution in [0.4, 0.5) is 0 Å². The molecule has 19 heavy (non-hydrogen) atoms. The lowest BCUT2D eigenvalue weighted by Gasteiger charge is -2.20. The second kappa shape index (κ2) is 6.50. The minimum absolute atomic E-state index is 0.00452. The van der Waals surface area contributed by atoms with E-state index in [1.165, 1.54) is 11.3 Å². The molecule has 0 N–H and O–H groups in total. The van der Waals surface area contributed by atoms with Gasteiger partial charge in [-0.25, -0.2) is 4.98 Å². The summed E-state index contributed by atoms with van der Waals surface area (Å²) in [6, 6.07) is 7.25. The van der Waals surface area contributed by atoms with Crippen LogP contribution in [-0.4, -0.2) is 22.3 Å². The molecule has 0 radical (unpaired) electrons. The Labute approximate surface area is 129 Å². The molecular formula is C13H12BrClN2OS. The molecular weight excluding hydrogens is 348 g/mol. The predicted molar refractivity (Wildman–Crippen MR) is 81.7 cm³/mol. The molecule has 0 spiro atoms. The molecule has 2 aromatic rings. The molecule has 0 bridgehead atoms. The molecule has 2 rings (SSSR count). The van der Waals surface area contributed by atoms with Crippen molar-refractivity contribution in [1.29, 1.82) is 0 Å². The standard InChI is InChI=1S/C13H12BrClN2OS/c1-2-17(8-10-3-4-12(15)19-10)13(18)9-5-6-16-11(14)7-9/h3-7H,2,8H2,1H3. The Morgan fingerprint density at radius 2 is 2.26 bits per heavy atom. The van der Waals surface area contributed by atoms with Crippen LogP contribution < -0.4 is 0 Å². The van der Waals surface area contributed by atoms with E-state index >= 15 is 0 Å². The van der Waals surface area contributed by atoms with E-state index < -0.39 is 0 Å². The average Bonchev–Trinajstić information content (AvgIpc) is 2.81. The molecule has 2 aromatic heterocycles. The van der Waals surface area contributed by atoms with E-state index in [1.807, 2.05) is 19.1 Å². The molecule has 0 unspecified atom stereocenters. The van der Waals surface area contributed by atoms with Crippen LogP contribution in [0, 0.1) is 0 Å². The first kappa shape index (κ1) is 14.5. The van der Waals surface area contributed by atoms with Gasteiger partial charge < -0.3 is 4.90 Å². The zero-order valence-electron chi connectivity index (χ0n) is 10.3. The Morgan fingerprint density at radius 3 is 2.84 bits per heavy atom. The smallest absolute Gasteiger partial charge is 0.254 e. The van der Waals surface area contributed by atoms with Gasteiger partial charge in [-0.15, -0.1) is 11.3 Å². The fourth-order valence-electron chi connectivity index (χ4n) is 1.67. The van der Waals surface area contributed by atoms with Crippen molar-refractivity contribution in [2.24, 2.45) is 0 Å². The van der Waals surface area contributed by atoms with Gasteiger partial charge in [0.15, 0.2) is 0 Å². The van der Waals surface area contributed by atoms with Gasteiger partial charge in [0.05, 0.1) is 10.9 Å². The van der Waals surface area contributed by atoms with Crippen molar-refractivity contribution in [3.05, 3.63) is 49.8 Å². The van der Waals surface area contributed by atoms with E-state index in [0.717, 1.165) is 9.21 Å². The highest BCUT2D eigenvalue weighted by Gasteiger charge is 2.15. The van der Waals surface area contributed by atoms with Gasteiger partial charge in [0.25, 0.3) is 5.91 Å². The van der Waals surface area contributed by atoms with Crippen LogP contribution >= 0.6 is 38.9 Å². The van der Waals surface area contributed by atoms with Crippen LogP contribution in [0.15, 0.2) is 35.1 Å². The molecule has 0 saturated heterocycles. The van der Waals surface area contributed by atoms with E-state index in [0.29, 0.717) is 23.3 Å². The van der Waals surface area contributed by atoms with Gasteiger partial charge in [0.1, 0.15) is 4.60 Å². The van der Waals surface area contributed by atoms with Crippen LogP contribution in [-0.2, 0) is 6.54 Å². The van der Waals surface area contributed by atoms with Crippen LogP contribution in [0.1, 0.15) is 22.2 Å². The number of hydrogen-bond acceptors (Lipinski definition) is 3. The maximum Gasteiger partial charge on any atom is 0.254 e. The number of amides is 1. The van der Waals surface area contributed by atoms with Crippen molar-refractivity contribution in [1.82, 2.24) is 9.88 Å². The lowest BCUT2D eigenvalue weighted by atomic mass is 10.2. The fraction of sp³-hybridized carbons (Fsp3) is 0.231. The number of hydrogen-bond donors (Lipinski definition) is 0. The summed E-state index contributed by atoms with van der Waals surface area (Å²) >= 11 is 10.7. The molecule has 100 valence electrons. The van der Waals surface area contributed by atoms with E-state index in [2.05, 4.69) is 20.9 Å². The summed E-state index contributed by atoms with van der Waals surface area (Å²) in [4.78, 5) is 19.3. The van der Waals surface area contributed by atoms with Gasteiger partial charge in [-0.3, -0.25) is 4.79 Å². The third-order valence-corrected chi connectivity index (χ3v) is 4.27. The number of aromatic nitrogens is 1. The Hall–Kier alpha value is -0.910. The number of carbonyl (C=O) groups is 1. The first-order valence-corrected chi connectivity index (χ1v) is 7.74. The third-order valence-electron chi connectivity index (χ3n) is 2.62. The van der Waals surface area contributed by atoms with Crippen molar-refractivity contribution in [2.45, 2.75) is 13.5 Å². The number of nitrogens with zero attached hydrogens (tertiary/aromatic N) is 2. The van der Waals surface area contributed by atoms with Gasteiger partial charge in [0.2, 0.25) is 0 Å².